The molecule has 0 aliphatic heterocycles. The van der Waals surface area contributed by atoms with Crippen molar-refractivity contribution in [3.05, 3.63) is 64.3 Å². The van der Waals surface area contributed by atoms with Crippen LogP contribution in [-0.2, 0) is 17.9 Å². The fourth-order valence-electron chi connectivity index (χ4n) is 2.25. The molecule has 4 heteroatoms. The minimum absolute atomic E-state index is 0.0442. The molecule has 2 heterocycles. The average Bonchev–Trinajstić information content (AvgIpc) is 3.25. The van der Waals surface area contributed by atoms with Gasteiger partial charge in [-0.15, -0.1) is 0 Å². The lowest BCUT2D eigenvalue weighted by Gasteiger charge is -2.11. The quantitative estimate of drug-likeness (QED) is 0.416. The number of furan rings is 1. The van der Waals surface area contributed by atoms with Crippen LogP contribution in [0.1, 0.15) is 37.9 Å². The van der Waals surface area contributed by atoms with Gasteiger partial charge in [-0.05, 0) is 68.4 Å². The second-order valence-corrected chi connectivity index (χ2v) is 8.24. The predicted octanol–water partition coefficient (Wildman–Crippen LogP) is 5.61. The molecule has 0 aliphatic carbocycles. The minimum Gasteiger partial charge on any atom is -0.462 e. The fourth-order valence-corrected chi connectivity index (χ4v) is 2.88. The third-order valence-electron chi connectivity index (χ3n) is 3.52. The van der Waals surface area contributed by atoms with Crippen LogP contribution < -0.4 is 0 Å². The Hall–Kier alpha value is -2.06. The molecule has 0 spiro atoms. The van der Waals surface area contributed by atoms with Crippen LogP contribution >= 0.6 is 11.3 Å². The van der Waals surface area contributed by atoms with Crippen LogP contribution in [0.25, 0.3) is 6.08 Å². The van der Waals surface area contributed by atoms with Crippen molar-refractivity contribution in [2.24, 2.45) is 5.41 Å². The first-order valence-corrected chi connectivity index (χ1v) is 10.1. The summed E-state index contributed by atoms with van der Waals surface area (Å²) in [5.41, 5.74) is 1.26. The van der Waals surface area contributed by atoms with E-state index in [9.17, 15) is 0 Å². The highest BCUT2D eigenvalue weighted by molar-refractivity contribution is 7.08. The molecule has 2 aromatic rings. The lowest BCUT2D eigenvalue weighted by Crippen LogP contribution is -2.17. The molecule has 0 aromatic carbocycles. The third kappa shape index (κ3) is 9.44. The Kier molecular flexibility index (Phi) is 8.60. The zero-order valence-corrected chi connectivity index (χ0v) is 17.5. The fraction of sp³-hybridized carbons (Fsp3) is 0.391. The summed E-state index contributed by atoms with van der Waals surface area (Å²) >= 11 is 1.69. The van der Waals surface area contributed by atoms with E-state index in [1.807, 2.05) is 24.3 Å². The Morgan fingerprint density at radius 1 is 1.19 bits per heavy atom. The number of allylic oxidation sites excluding steroid dienone is 1. The zero-order valence-electron chi connectivity index (χ0n) is 16.7. The summed E-state index contributed by atoms with van der Waals surface area (Å²) in [6.45, 7) is 8.98. The van der Waals surface area contributed by atoms with Gasteiger partial charge in [0, 0.05) is 12.0 Å². The van der Waals surface area contributed by atoms with Crippen LogP contribution in [0.15, 0.2) is 51.6 Å². The topological polar surface area (TPSA) is 25.6 Å². The van der Waals surface area contributed by atoms with Gasteiger partial charge < -0.3 is 9.15 Å². The second-order valence-electron chi connectivity index (χ2n) is 7.46. The van der Waals surface area contributed by atoms with Crippen molar-refractivity contribution in [1.29, 1.82) is 0 Å². The Labute approximate surface area is 167 Å². The number of nitrogens with zero attached hydrogens (tertiary/aromatic N) is 1. The largest absolute Gasteiger partial charge is 0.462 e. The van der Waals surface area contributed by atoms with Crippen LogP contribution in [0.2, 0.25) is 0 Å². The van der Waals surface area contributed by atoms with E-state index in [0.717, 1.165) is 24.6 Å². The van der Waals surface area contributed by atoms with E-state index in [2.05, 4.69) is 73.5 Å². The molecule has 0 unspecified atom stereocenters. The van der Waals surface area contributed by atoms with Gasteiger partial charge in [0.2, 0.25) is 0 Å². The number of hydrogen-bond donors (Lipinski definition) is 0. The minimum atomic E-state index is 0.0442. The van der Waals surface area contributed by atoms with E-state index >= 15 is 0 Å². The molecule has 0 amide bonds. The van der Waals surface area contributed by atoms with E-state index in [1.165, 1.54) is 5.56 Å². The Morgan fingerprint density at radius 2 is 2.00 bits per heavy atom. The first-order chi connectivity index (χ1) is 12.9. The summed E-state index contributed by atoms with van der Waals surface area (Å²) in [5, 5.41) is 4.18. The predicted molar refractivity (Wildman–Crippen MR) is 114 cm³/mol. The Morgan fingerprint density at radius 3 is 2.74 bits per heavy atom. The molecule has 3 nitrogen and oxygen atoms in total. The molecule has 0 N–H and O–H groups in total. The maximum absolute atomic E-state index is 5.84. The monoisotopic (exact) mass is 383 g/mol. The number of likely N-dealkylation sites (N-methyl/N-ethyl adjacent to an activating group) is 1. The van der Waals surface area contributed by atoms with Gasteiger partial charge in [0.1, 0.15) is 18.1 Å². The maximum Gasteiger partial charge on any atom is 0.129 e. The number of thiophene rings is 1. The summed E-state index contributed by atoms with van der Waals surface area (Å²) in [5.74, 6) is 8.08. The molecule has 144 valence electrons. The third-order valence-corrected chi connectivity index (χ3v) is 4.22. The number of hydrogen-bond acceptors (Lipinski definition) is 4. The average molecular weight is 384 g/mol. The lowest BCUT2D eigenvalue weighted by atomic mass is 9.98. The first kappa shape index (κ1) is 21.2. The summed E-state index contributed by atoms with van der Waals surface area (Å²) in [7, 11) is 2.06. The molecule has 0 saturated heterocycles. The van der Waals surface area contributed by atoms with E-state index in [1.54, 1.807) is 11.3 Å². The molecular formula is C23H29NO2S. The van der Waals surface area contributed by atoms with Crippen molar-refractivity contribution in [1.82, 2.24) is 4.90 Å². The molecule has 27 heavy (non-hydrogen) atoms. The van der Waals surface area contributed by atoms with Crippen LogP contribution in [-0.4, -0.2) is 25.1 Å². The first-order valence-electron chi connectivity index (χ1n) is 9.13. The van der Waals surface area contributed by atoms with Gasteiger partial charge in [-0.3, -0.25) is 4.90 Å². The van der Waals surface area contributed by atoms with Crippen molar-refractivity contribution in [3.63, 3.8) is 0 Å². The van der Waals surface area contributed by atoms with Crippen molar-refractivity contribution in [2.75, 3.05) is 20.2 Å². The molecule has 0 fully saturated rings. The van der Waals surface area contributed by atoms with Crippen LogP contribution in [0.4, 0.5) is 0 Å². The highest BCUT2D eigenvalue weighted by atomic mass is 32.1. The molecule has 0 aliphatic rings. The van der Waals surface area contributed by atoms with Crippen molar-refractivity contribution in [3.8, 4) is 11.8 Å². The van der Waals surface area contributed by atoms with E-state index in [0.29, 0.717) is 13.2 Å². The van der Waals surface area contributed by atoms with E-state index < -0.39 is 0 Å². The highest BCUT2D eigenvalue weighted by Crippen LogP contribution is 2.12. The summed E-state index contributed by atoms with van der Waals surface area (Å²) in [6, 6.07) is 6.08. The Balaban J connectivity index is 1.67. The van der Waals surface area contributed by atoms with Gasteiger partial charge in [0.25, 0.3) is 0 Å². The van der Waals surface area contributed by atoms with E-state index in [4.69, 9.17) is 9.15 Å². The molecule has 0 radical (unpaired) electrons. The SMILES string of the molecule is CN(CC=CC#CC(C)(C)C)Cc1ccc(COCC=Cc2ccsc2)o1. The van der Waals surface area contributed by atoms with Crippen molar-refractivity contribution >= 4 is 17.4 Å². The smallest absolute Gasteiger partial charge is 0.129 e. The second kappa shape index (κ2) is 10.9. The number of rotatable bonds is 9. The highest BCUT2D eigenvalue weighted by Gasteiger charge is 2.05. The molecular weight excluding hydrogens is 354 g/mol. The number of ether oxygens (including phenoxy) is 1. The molecule has 0 atom stereocenters. The lowest BCUT2D eigenvalue weighted by molar-refractivity contribution is 0.129. The molecule has 0 saturated carbocycles. The van der Waals surface area contributed by atoms with Gasteiger partial charge in [-0.1, -0.05) is 30.1 Å². The van der Waals surface area contributed by atoms with Crippen LogP contribution in [0, 0.1) is 17.3 Å². The van der Waals surface area contributed by atoms with Crippen molar-refractivity contribution in [2.45, 2.75) is 33.9 Å². The maximum atomic E-state index is 5.84. The normalized spacial score (nSPS) is 12.2. The summed E-state index contributed by atoms with van der Waals surface area (Å²) < 4.78 is 11.5. The van der Waals surface area contributed by atoms with Crippen LogP contribution in [0.5, 0.6) is 0 Å². The van der Waals surface area contributed by atoms with Gasteiger partial charge in [0.15, 0.2) is 0 Å². The Bertz CT molecular complexity index is 782. The zero-order chi connectivity index (χ0) is 19.5. The standard InChI is InChI=1S/C23H29NO2S/c1-23(2,3)13-6-5-7-14-24(4)17-21-10-11-22(26-21)18-25-15-8-9-20-12-16-27-19-20/h5,7-12,16,19H,14-15,17-18H2,1-4H3. The van der Waals surface area contributed by atoms with Gasteiger partial charge in [0.05, 0.1) is 13.2 Å². The van der Waals surface area contributed by atoms with Crippen molar-refractivity contribution < 1.29 is 9.15 Å². The molecule has 2 aromatic heterocycles. The molecule has 0 bridgehead atoms. The van der Waals surface area contributed by atoms with Gasteiger partial charge in [-0.2, -0.15) is 11.3 Å². The summed E-state index contributed by atoms with van der Waals surface area (Å²) in [4.78, 5) is 2.18. The molecule has 2 rings (SSSR count). The van der Waals surface area contributed by atoms with E-state index in [-0.39, 0.29) is 5.41 Å². The van der Waals surface area contributed by atoms with Gasteiger partial charge >= 0.3 is 0 Å². The van der Waals surface area contributed by atoms with Gasteiger partial charge in [-0.25, -0.2) is 0 Å². The summed E-state index contributed by atoms with van der Waals surface area (Å²) in [6.07, 6.45) is 8.09. The van der Waals surface area contributed by atoms with Crippen LogP contribution in [0.3, 0.4) is 0 Å².